The zero-order valence-electron chi connectivity index (χ0n) is 13.8. The van der Waals surface area contributed by atoms with Crippen molar-refractivity contribution in [2.75, 3.05) is 26.7 Å². The first-order valence-electron chi connectivity index (χ1n) is 7.67. The van der Waals surface area contributed by atoms with Crippen LogP contribution in [0.15, 0.2) is 11.3 Å². The Hall–Kier alpha value is -1.33. The number of nitrogens with one attached hydrogen (secondary N) is 1. The fraction of sp³-hybridized carbons (Fsp3) is 0.714. The number of β-lactam (4-membered cyclic amide) rings is 1. The zero-order valence-corrected chi connectivity index (χ0v) is 14.6. The number of aliphatic hydroxyl groups is 1. The van der Waals surface area contributed by atoms with Crippen molar-refractivity contribution >= 4 is 23.1 Å². The van der Waals surface area contributed by atoms with E-state index in [1.54, 1.807) is 7.05 Å². The second-order valence-electron chi connectivity index (χ2n) is 6.31. The molecule has 0 bridgehead atoms. The van der Waals surface area contributed by atoms with Crippen LogP contribution in [0.25, 0.3) is 0 Å². The lowest BCUT2D eigenvalue weighted by molar-refractivity contribution is -0.163. The average molecular weight is 361 g/mol. The summed E-state index contributed by atoms with van der Waals surface area (Å²) in [7, 11) is 1.77. The molecule has 10 heteroatoms. The number of carbonyl (C=O) groups is 2. The number of likely N-dealkylation sites (N-methyl/N-ethyl adjacent to an activating group) is 1. The van der Waals surface area contributed by atoms with Gasteiger partial charge in [0.15, 0.2) is 0 Å². The van der Waals surface area contributed by atoms with E-state index in [0.717, 1.165) is 0 Å². The molecule has 24 heavy (non-hydrogen) atoms. The van der Waals surface area contributed by atoms with Crippen molar-refractivity contribution < 1.29 is 28.6 Å². The van der Waals surface area contributed by atoms with E-state index in [2.05, 4.69) is 4.72 Å². The van der Waals surface area contributed by atoms with E-state index in [1.807, 2.05) is 11.8 Å². The molecule has 1 fully saturated rings. The van der Waals surface area contributed by atoms with Crippen molar-refractivity contribution in [3.05, 3.63) is 11.3 Å². The van der Waals surface area contributed by atoms with Crippen molar-refractivity contribution in [2.45, 2.75) is 26.0 Å². The van der Waals surface area contributed by atoms with E-state index in [0.29, 0.717) is 18.7 Å². The molecule has 5 atom stereocenters. The molecule has 0 radical (unpaired) electrons. The zero-order chi connectivity index (χ0) is 18.2. The molecule has 0 saturated carbocycles. The van der Waals surface area contributed by atoms with Gasteiger partial charge in [0.1, 0.15) is 5.70 Å². The molecule has 0 aromatic heterocycles. The molecule has 2 aliphatic rings. The van der Waals surface area contributed by atoms with Crippen molar-refractivity contribution in [3.63, 3.8) is 0 Å². The van der Waals surface area contributed by atoms with Gasteiger partial charge >= 0.3 is 5.97 Å². The number of hydrogen-bond donors (Lipinski definition) is 4. The van der Waals surface area contributed by atoms with Crippen molar-refractivity contribution in [1.82, 2.24) is 14.5 Å². The van der Waals surface area contributed by atoms with Crippen LogP contribution in [0, 0.1) is 11.8 Å². The van der Waals surface area contributed by atoms with Crippen LogP contribution in [0.5, 0.6) is 0 Å². The van der Waals surface area contributed by atoms with Crippen LogP contribution in [0.1, 0.15) is 13.8 Å². The molecule has 1 saturated heterocycles. The molecule has 2 aliphatic heterocycles. The molecule has 136 valence electrons. The minimum Gasteiger partial charge on any atom is -0.477 e. The van der Waals surface area contributed by atoms with E-state index < -0.39 is 29.3 Å². The lowest BCUT2D eigenvalue weighted by atomic mass is 9.77. The highest BCUT2D eigenvalue weighted by atomic mass is 32.2. The minimum atomic E-state index is -2.09. The topological polar surface area (TPSA) is 130 Å². The van der Waals surface area contributed by atoms with Gasteiger partial charge in [-0.3, -0.25) is 9.35 Å². The molecule has 2 rings (SSSR count). The summed E-state index contributed by atoms with van der Waals surface area (Å²) in [6.07, 6.45) is -0.822. The van der Waals surface area contributed by atoms with Gasteiger partial charge in [-0.1, -0.05) is 6.92 Å². The number of fused-ring (bicyclic) bond motifs is 1. The van der Waals surface area contributed by atoms with Gasteiger partial charge in [-0.05, 0) is 19.5 Å². The second kappa shape index (κ2) is 7.28. The van der Waals surface area contributed by atoms with Gasteiger partial charge in [-0.15, -0.1) is 0 Å². The number of rotatable bonds is 8. The van der Waals surface area contributed by atoms with Gasteiger partial charge in [0.25, 0.3) is 0 Å². The average Bonchev–Trinajstić information content (AvgIpc) is 2.68. The number of hydrogen-bond acceptors (Lipinski definition) is 5. The van der Waals surface area contributed by atoms with Crippen LogP contribution in [-0.2, 0) is 20.9 Å². The molecule has 2 heterocycles. The van der Waals surface area contributed by atoms with E-state index in [9.17, 15) is 24.0 Å². The fourth-order valence-electron chi connectivity index (χ4n) is 3.55. The lowest BCUT2D eigenvalue weighted by Gasteiger charge is -2.46. The van der Waals surface area contributed by atoms with Crippen LogP contribution in [0.4, 0.5) is 0 Å². The smallest absolute Gasteiger partial charge is 0.352 e. The number of aliphatic hydroxyl groups excluding tert-OH is 1. The summed E-state index contributed by atoms with van der Waals surface area (Å²) in [6.45, 7) is 4.44. The third-order valence-corrected chi connectivity index (χ3v) is 5.13. The van der Waals surface area contributed by atoms with E-state index in [-0.39, 0.29) is 30.1 Å². The van der Waals surface area contributed by atoms with Gasteiger partial charge in [0.05, 0.1) is 18.1 Å². The van der Waals surface area contributed by atoms with Crippen LogP contribution >= 0.6 is 0 Å². The summed E-state index contributed by atoms with van der Waals surface area (Å²) < 4.78 is 21.6. The maximum atomic E-state index is 12.2. The lowest BCUT2D eigenvalue weighted by Crippen LogP contribution is -2.63. The van der Waals surface area contributed by atoms with Gasteiger partial charge in [-0.25, -0.2) is 13.7 Å². The van der Waals surface area contributed by atoms with Crippen molar-refractivity contribution in [3.8, 4) is 0 Å². The second-order valence-corrected chi connectivity index (χ2v) is 7.10. The Morgan fingerprint density at radius 2 is 2.12 bits per heavy atom. The van der Waals surface area contributed by atoms with Crippen LogP contribution in [0.2, 0.25) is 0 Å². The molecule has 0 spiro atoms. The largest absolute Gasteiger partial charge is 0.477 e. The number of carbonyl (C=O) groups excluding carboxylic acids is 1. The van der Waals surface area contributed by atoms with Gasteiger partial charge in [0, 0.05) is 25.6 Å². The molecule has 1 amide bonds. The quantitative estimate of drug-likeness (QED) is 0.317. The molecule has 9 nitrogen and oxygen atoms in total. The molecule has 4 N–H and O–H groups in total. The maximum Gasteiger partial charge on any atom is 0.352 e. The summed E-state index contributed by atoms with van der Waals surface area (Å²) in [5.41, 5.74) is 0.636. The van der Waals surface area contributed by atoms with Gasteiger partial charge in [-0.2, -0.15) is 0 Å². The molecule has 1 unspecified atom stereocenters. The predicted octanol–water partition coefficient (Wildman–Crippen LogP) is -1.16. The van der Waals surface area contributed by atoms with Gasteiger partial charge < -0.3 is 20.0 Å². The number of aliphatic carboxylic acids is 1. The maximum absolute atomic E-state index is 12.2. The Morgan fingerprint density at radius 1 is 1.50 bits per heavy atom. The Kier molecular flexibility index (Phi) is 5.76. The highest BCUT2D eigenvalue weighted by molar-refractivity contribution is 7.77. The van der Waals surface area contributed by atoms with Crippen molar-refractivity contribution in [1.29, 1.82) is 0 Å². The third-order valence-electron chi connectivity index (χ3n) is 4.68. The highest BCUT2D eigenvalue weighted by Gasteiger charge is 2.59. The van der Waals surface area contributed by atoms with E-state index in [1.165, 1.54) is 11.8 Å². The summed E-state index contributed by atoms with van der Waals surface area (Å²) in [5, 5.41) is 19.3. The van der Waals surface area contributed by atoms with Crippen LogP contribution in [-0.4, -0.2) is 79.5 Å². The van der Waals surface area contributed by atoms with Crippen LogP contribution < -0.4 is 4.72 Å². The third kappa shape index (κ3) is 3.38. The number of carboxylic acid groups (broad SMARTS) is 1. The Balaban J connectivity index is 2.14. The monoisotopic (exact) mass is 361 g/mol. The summed E-state index contributed by atoms with van der Waals surface area (Å²) >= 11 is -2.09. The Morgan fingerprint density at radius 3 is 2.62 bits per heavy atom. The van der Waals surface area contributed by atoms with E-state index in [4.69, 9.17) is 4.55 Å². The molecule has 0 aliphatic carbocycles. The molecule has 0 aromatic rings. The normalized spacial score (nSPS) is 28.8. The first-order valence-corrected chi connectivity index (χ1v) is 8.77. The first-order chi connectivity index (χ1) is 11.2. The Bertz CT molecular complexity index is 593. The number of amides is 1. The minimum absolute atomic E-state index is 0.0000521. The fourth-order valence-corrected chi connectivity index (χ4v) is 3.81. The summed E-state index contributed by atoms with van der Waals surface area (Å²) in [5.74, 6) is -2.25. The number of carboxylic acids is 1. The summed E-state index contributed by atoms with van der Waals surface area (Å²) in [6, 6.07) is -0.324. The van der Waals surface area contributed by atoms with Crippen LogP contribution in [0.3, 0.4) is 0 Å². The first kappa shape index (κ1) is 19.0. The Labute approximate surface area is 142 Å². The van der Waals surface area contributed by atoms with Gasteiger partial charge in [0.2, 0.25) is 17.2 Å². The predicted molar refractivity (Wildman–Crippen MR) is 85.9 cm³/mol. The summed E-state index contributed by atoms with van der Waals surface area (Å²) in [4.78, 5) is 27.0. The van der Waals surface area contributed by atoms with Crippen molar-refractivity contribution in [2.24, 2.45) is 11.8 Å². The number of nitrogens with zero attached hydrogens (tertiary/aromatic N) is 2. The molecular formula is C14H23N3O6S. The van der Waals surface area contributed by atoms with E-state index >= 15 is 0 Å². The standard InChI is InChI=1S/C14H23N3O6S/c1-7-9(6-16(3)5-4-15-24(22)23)12(14(20)21)17-11(7)10(8(2)18)13(17)19/h7-8,10-11,15,18H,4-6H2,1-3H3,(H,20,21)(H,22,23)/t7-,8+,10+,11+/m0/s1. The highest BCUT2D eigenvalue weighted by Crippen LogP contribution is 2.47. The molecular weight excluding hydrogens is 338 g/mol. The molecule has 0 aromatic carbocycles. The SMILES string of the molecule is C[C@@H](O)[C@H]1C(=O)N2C(C(=O)O)=C(CN(C)CCNS(=O)O)[C@H](C)[C@H]12.